The predicted molar refractivity (Wildman–Crippen MR) is 218 cm³/mol. The standard InChI is InChI=1S/C42H40Br2N4O6/c1-51-35-19-17-27(25-37(35)53-3)23-33-41(49)47(39(45-33)29-13-7-9-15-31(29)43)21-11-5-6-12-22-48-40(30-14-8-10-16-32(30)44)46-34(42(48)50)24-28-18-20-36(52-2)38(26-28)54-4/h7-10,13-20,23-26H,5-6,11-12,21-22H2,1-4H3. The Kier molecular flexibility index (Phi) is 12.7. The number of carbonyl (C=O) groups excluding carboxylic acids is 2. The van der Waals surface area contributed by atoms with E-state index < -0.39 is 0 Å². The molecule has 4 aromatic carbocycles. The number of nitrogens with zero attached hydrogens (tertiary/aromatic N) is 4. The van der Waals surface area contributed by atoms with Crippen molar-refractivity contribution in [2.45, 2.75) is 25.7 Å². The number of benzene rings is 4. The number of hydrogen-bond donors (Lipinski definition) is 0. The van der Waals surface area contributed by atoms with Crippen molar-refractivity contribution >= 4 is 67.5 Å². The van der Waals surface area contributed by atoms with E-state index in [1.54, 1.807) is 62.5 Å². The summed E-state index contributed by atoms with van der Waals surface area (Å²) in [5.41, 5.74) is 3.91. The van der Waals surface area contributed by atoms with Gasteiger partial charge in [0.25, 0.3) is 11.8 Å². The van der Waals surface area contributed by atoms with Gasteiger partial charge in [0.15, 0.2) is 23.0 Å². The van der Waals surface area contributed by atoms with E-state index in [9.17, 15) is 9.59 Å². The van der Waals surface area contributed by atoms with Crippen LogP contribution in [0.15, 0.2) is 115 Å². The SMILES string of the molecule is COc1ccc(C=C2N=C(c3ccccc3Br)N(CCCCCCN3C(=O)C(=Cc4ccc(OC)c(OC)c4)N=C3c3ccccc3Br)C2=O)cc1OC. The zero-order valence-electron chi connectivity index (χ0n) is 30.5. The van der Waals surface area contributed by atoms with E-state index in [1.165, 1.54) is 0 Å². The van der Waals surface area contributed by atoms with E-state index in [1.807, 2.05) is 72.8 Å². The van der Waals surface area contributed by atoms with E-state index in [2.05, 4.69) is 31.9 Å². The third-order valence-corrected chi connectivity index (χ3v) is 10.4. The Morgan fingerprint density at radius 3 is 1.30 bits per heavy atom. The van der Waals surface area contributed by atoms with Gasteiger partial charge in [0, 0.05) is 33.2 Å². The fraction of sp³-hybridized carbons (Fsp3) is 0.238. The van der Waals surface area contributed by atoms with Crippen LogP contribution in [0.2, 0.25) is 0 Å². The number of aliphatic imine (C=N–C) groups is 2. The third-order valence-electron chi connectivity index (χ3n) is 9.06. The van der Waals surface area contributed by atoms with Crippen molar-refractivity contribution in [1.29, 1.82) is 0 Å². The Hall–Kier alpha value is -5.20. The van der Waals surface area contributed by atoms with Crippen molar-refractivity contribution in [2.75, 3.05) is 41.5 Å². The van der Waals surface area contributed by atoms with E-state index >= 15 is 0 Å². The highest BCUT2D eigenvalue weighted by atomic mass is 79.9. The second kappa shape index (κ2) is 17.7. The molecule has 4 aromatic rings. The van der Waals surface area contributed by atoms with Crippen molar-refractivity contribution < 1.29 is 28.5 Å². The molecule has 2 heterocycles. The summed E-state index contributed by atoms with van der Waals surface area (Å²) in [4.78, 5) is 40.8. The van der Waals surface area contributed by atoms with Gasteiger partial charge in [0.05, 0.1) is 28.4 Å². The van der Waals surface area contributed by atoms with Gasteiger partial charge < -0.3 is 18.9 Å². The first-order valence-corrected chi connectivity index (χ1v) is 19.0. The number of methoxy groups -OCH3 is 4. The molecule has 2 amide bonds. The fourth-order valence-corrected chi connectivity index (χ4v) is 7.23. The van der Waals surface area contributed by atoms with E-state index in [-0.39, 0.29) is 11.8 Å². The zero-order valence-corrected chi connectivity index (χ0v) is 33.6. The predicted octanol–water partition coefficient (Wildman–Crippen LogP) is 8.77. The molecule has 54 heavy (non-hydrogen) atoms. The largest absolute Gasteiger partial charge is 0.493 e. The maximum atomic E-state index is 13.8. The van der Waals surface area contributed by atoms with Gasteiger partial charge in [-0.3, -0.25) is 19.4 Å². The molecule has 0 aromatic heterocycles. The fourth-order valence-electron chi connectivity index (χ4n) is 6.31. The first-order valence-electron chi connectivity index (χ1n) is 17.4. The molecule has 278 valence electrons. The number of hydrogen-bond acceptors (Lipinski definition) is 8. The van der Waals surface area contributed by atoms with Crippen LogP contribution in [-0.2, 0) is 9.59 Å². The Morgan fingerprint density at radius 1 is 0.537 bits per heavy atom. The van der Waals surface area contributed by atoms with Gasteiger partial charge in [0.2, 0.25) is 0 Å². The highest BCUT2D eigenvalue weighted by Crippen LogP contribution is 2.33. The number of carbonyl (C=O) groups is 2. The second-order valence-corrected chi connectivity index (χ2v) is 14.2. The number of unbranched alkanes of at least 4 members (excludes halogenated alkanes) is 3. The summed E-state index contributed by atoms with van der Waals surface area (Å²) in [6, 6.07) is 26.5. The number of rotatable bonds is 15. The van der Waals surface area contributed by atoms with Gasteiger partial charge in [-0.25, -0.2) is 9.98 Å². The maximum absolute atomic E-state index is 13.8. The van der Waals surface area contributed by atoms with E-state index in [0.29, 0.717) is 59.2 Å². The molecule has 0 radical (unpaired) electrons. The summed E-state index contributed by atoms with van der Waals surface area (Å²) in [6.45, 7) is 0.986. The monoisotopic (exact) mass is 854 g/mol. The van der Waals surface area contributed by atoms with Crippen molar-refractivity contribution in [3.63, 3.8) is 0 Å². The first-order chi connectivity index (χ1) is 26.3. The van der Waals surface area contributed by atoms with Crippen LogP contribution in [0.5, 0.6) is 23.0 Å². The quantitative estimate of drug-likeness (QED) is 0.0876. The van der Waals surface area contributed by atoms with Gasteiger partial charge >= 0.3 is 0 Å². The van der Waals surface area contributed by atoms with Crippen LogP contribution in [0.25, 0.3) is 12.2 Å². The molecular formula is C42H40Br2N4O6. The summed E-state index contributed by atoms with van der Waals surface area (Å²) in [6.07, 6.45) is 6.74. The average molecular weight is 857 g/mol. The normalized spacial score (nSPS) is 15.6. The van der Waals surface area contributed by atoms with Crippen LogP contribution in [0.1, 0.15) is 47.9 Å². The minimum absolute atomic E-state index is 0.165. The van der Waals surface area contributed by atoms with E-state index in [0.717, 1.165) is 56.9 Å². The highest BCUT2D eigenvalue weighted by Gasteiger charge is 2.33. The summed E-state index contributed by atoms with van der Waals surface area (Å²) >= 11 is 7.30. The summed E-state index contributed by atoms with van der Waals surface area (Å²) < 4.78 is 23.4. The summed E-state index contributed by atoms with van der Waals surface area (Å²) in [5.74, 6) is 3.22. The molecule has 0 aliphatic carbocycles. The lowest BCUT2D eigenvalue weighted by Crippen LogP contribution is -2.34. The molecular weight excluding hydrogens is 816 g/mol. The Morgan fingerprint density at radius 2 is 0.926 bits per heavy atom. The molecule has 0 bridgehead atoms. The van der Waals surface area contributed by atoms with Gasteiger partial charge in [-0.1, -0.05) is 93.2 Å². The van der Waals surface area contributed by atoms with Crippen molar-refractivity contribution in [2.24, 2.45) is 9.98 Å². The van der Waals surface area contributed by atoms with Crippen LogP contribution >= 0.6 is 31.9 Å². The Bertz CT molecular complexity index is 2030. The minimum Gasteiger partial charge on any atom is -0.493 e. The molecule has 2 aliphatic heterocycles. The van der Waals surface area contributed by atoms with Crippen molar-refractivity contribution in [1.82, 2.24) is 9.80 Å². The molecule has 12 heteroatoms. The molecule has 2 aliphatic rings. The molecule has 0 N–H and O–H groups in total. The van der Waals surface area contributed by atoms with Gasteiger partial charge in [-0.05, 0) is 72.5 Å². The number of halogens is 2. The molecule has 0 atom stereocenters. The van der Waals surface area contributed by atoms with Gasteiger partial charge in [-0.15, -0.1) is 0 Å². The van der Waals surface area contributed by atoms with Crippen LogP contribution in [-0.4, -0.2) is 74.8 Å². The van der Waals surface area contributed by atoms with Crippen LogP contribution < -0.4 is 18.9 Å². The molecule has 0 fully saturated rings. The van der Waals surface area contributed by atoms with Crippen LogP contribution in [0.4, 0.5) is 0 Å². The first kappa shape index (κ1) is 38.5. The number of ether oxygens (including phenoxy) is 4. The number of amidine groups is 2. The third kappa shape index (κ3) is 8.45. The van der Waals surface area contributed by atoms with Crippen LogP contribution in [0, 0.1) is 0 Å². The summed E-state index contributed by atoms with van der Waals surface area (Å²) in [5, 5.41) is 0. The molecule has 0 saturated heterocycles. The molecule has 10 nitrogen and oxygen atoms in total. The minimum atomic E-state index is -0.165. The average Bonchev–Trinajstić information content (AvgIpc) is 3.66. The maximum Gasteiger partial charge on any atom is 0.278 e. The molecule has 6 rings (SSSR count). The lowest BCUT2D eigenvalue weighted by atomic mass is 10.1. The smallest absolute Gasteiger partial charge is 0.278 e. The van der Waals surface area contributed by atoms with Crippen LogP contribution in [0.3, 0.4) is 0 Å². The highest BCUT2D eigenvalue weighted by molar-refractivity contribution is 9.10. The van der Waals surface area contributed by atoms with E-state index in [4.69, 9.17) is 28.9 Å². The molecule has 0 spiro atoms. The topological polar surface area (TPSA) is 102 Å². The van der Waals surface area contributed by atoms with Crippen molar-refractivity contribution in [3.05, 3.63) is 128 Å². The number of amides is 2. The summed E-state index contributed by atoms with van der Waals surface area (Å²) in [7, 11) is 6.32. The van der Waals surface area contributed by atoms with Gasteiger partial charge in [-0.2, -0.15) is 0 Å². The second-order valence-electron chi connectivity index (χ2n) is 12.4. The Labute approximate surface area is 332 Å². The Balaban J connectivity index is 1.13. The lowest BCUT2D eigenvalue weighted by Gasteiger charge is -2.20. The van der Waals surface area contributed by atoms with Gasteiger partial charge in [0.1, 0.15) is 23.1 Å². The zero-order chi connectivity index (χ0) is 38.2. The van der Waals surface area contributed by atoms with Crippen molar-refractivity contribution in [3.8, 4) is 23.0 Å². The molecule has 0 saturated carbocycles. The lowest BCUT2D eigenvalue weighted by molar-refractivity contribution is -0.123. The molecule has 0 unspecified atom stereocenters.